The molecular formula is C17H20IOSi+. The van der Waals surface area contributed by atoms with Crippen LogP contribution in [0.5, 0.6) is 0 Å². The van der Waals surface area contributed by atoms with E-state index in [-0.39, 0.29) is 27.0 Å². The van der Waals surface area contributed by atoms with Crippen LogP contribution in [0.2, 0.25) is 19.6 Å². The van der Waals surface area contributed by atoms with Crippen molar-refractivity contribution >= 4 is 19.0 Å². The summed E-state index contributed by atoms with van der Waals surface area (Å²) < 4.78 is 2.83. The second kappa shape index (κ2) is 6.22. The summed E-state index contributed by atoms with van der Waals surface area (Å²) in [6.07, 6.45) is 0. The van der Waals surface area contributed by atoms with E-state index >= 15 is 0 Å². The van der Waals surface area contributed by atoms with Gasteiger partial charge >= 0.3 is 21.2 Å². The largest absolute Gasteiger partial charge is 0.357 e. The van der Waals surface area contributed by atoms with Crippen LogP contribution < -0.4 is 26.4 Å². The van der Waals surface area contributed by atoms with Crippen molar-refractivity contribution in [2.75, 3.05) is 0 Å². The minimum atomic E-state index is -1.37. The summed E-state index contributed by atoms with van der Waals surface area (Å²) in [5, 5.41) is 1.50. The van der Waals surface area contributed by atoms with Crippen LogP contribution in [0.1, 0.15) is 17.3 Å². The molecule has 0 saturated carbocycles. The molecule has 0 aliphatic heterocycles. The molecule has 0 radical (unpaired) electrons. The first-order valence-corrected chi connectivity index (χ1v) is 12.4. The van der Waals surface area contributed by atoms with E-state index in [9.17, 15) is 4.79 Å². The molecule has 0 bridgehead atoms. The van der Waals surface area contributed by atoms with E-state index in [1.165, 1.54) is 12.3 Å². The molecule has 1 nitrogen and oxygen atoms in total. The van der Waals surface area contributed by atoms with Gasteiger partial charge in [0.2, 0.25) is 0 Å². The van der Waals surface area contributed by atoms with E-state index in [0.29, 0.717) is 0 Å². The van der Waals surface area contributed by atoms with E-state index in [2.05, 4.69) is 62.1 Å². The SMILES string of the molecule is CC(=O)c1ccc([Si](C)(C)C)c([I+]c2ccccc2)c1. The molecule has 2 rings (SSSR count). The van der Waals surface area contributed by atoms with Gasteiger partial charge in [0.25, 0.3) is 0 Å². The van der Waals surface area contributed by atoms with E-state index < -0.39 is 8.07 Å². The van der Waals surface area contributed by atoms with Crippen molar-refractivity contribution in [3.05, 3.63) is 61.2 Å². The Bertz CT molecular complexity index is 615. The zero-order valence-electron chi connectivity index (χ0n) is 12.4. The van der Waals surface area contributed by atoms with Gasteiger partial charge in [-0.2, -0.15) is 0 Å². The van der Waals surface area contributed by atoms with Gasteiger partial charge in [-0.05, 0) is 24.2 Å². The van der Waals surface area contributed by atoms with Crippen LogP contribution >= 0.6 is 0 Å². The standard InChI is InChI=1S/C17H20IOSi/c1-13(19)14-10-11-17(20(2,3)4)16(12-14)18-15-8-6-5-7-9-15/h5-12H,1-4H3/q+1. The number of carbonyl (C=O) groups is 1. The zero-order chi connectivity index (χ0) is 14.8. The third kappa shape index (κ3) is 3.79. The van der Waals surface area contributed by atoms with Crippen molar-refractivity contribution in [3.8, 4) is 0 Å². The summed E-state index contributed by atoms with van der Waals surface area (Å²) in [7, 11) is -1.37. The van der Waals surface area contributed by atoms with Gasteiger partial charge in [-0.1, -0.05) is 50.0 Å². The van der Waals surface area contributed by atoms with E-state index in [1.807, 2.05) is 6.07 Å². The predicted molar refractivity (Wildman–Crippen MR) is 83.3 cm³/mol. The maximum absolute atomic E-state index is 11.6. The Morgan fingerprint density at radius 2 is 1.65 bits per heavy atom. The molecule has 0 unspecified atom stereocenters. The summed E-state index contributed by atoms with van der Waals surface area (Å²) in [6, 6.07) is 17.0. The minimum absolute atomic E-state index is 0.158. The highest BCUT2D eigenvalue weighted by Crippen LogP contribution is 2.05. The number of Topliss-reactive ketones (excluding diaryl/α,β-unsaturated/α-hetero) is 1. The number of halogens is 1. The summed E-state index contributed by atoms with van der Waals surface area (Å²) in [5.74, 6) is 0.158. The van der Waals surface area contributed by atoms with Gasteiger partial charge in [0, 0.05) is 11.6 Å². The lowest BCUT2D eigenvalue weighted by Gasteiger charge is -2.16. The quantitative estimate of drug-likeness (QED) is 0.420. The molecule has 0 heterocycles. The third-order valence-corrected chi connectivity index (χ3v) is 8.50. The lowest BCUT2D eigenvalue weighted by atomic mass is 10.2. The maximum Gasteiger partial charge on any atom is 0.357 e. The van der Waals surface area contributed by atoms with Crippen LogP contribution in [0.15, 0.2) is 48.5 Å². The Balaban J connectivity index is 2.47. The van der Waals surface area contributed by atoms with Crippen molar-refractivity contribution in [1.82, 2.24) is 0 Å². The molecule has 0 aliphatic carbocycles. The maximum atomic E-state index is 11.6. The molecule has 2 aromatic rings. The smallest absolute Gasteiger partial charge is 0.295 e. The van der Waals surface area contributed by atoms with Crippen LogP contribution in [0.3, 0.4) is 0 Å². The first kappa shape index (κ1) is 15.4. The zero-order valence-corrected chi connectivity index (χ0v) is 15.6. The third-order valence-electron chi connectivity index (χ3n) is 3.13. The molecule has 0 fully saturated rings. The first-order chi connectivity index (χ1) is 9.38. The fourth-order valence-corrected chi connectivity index (χ4v) is 8.54. The van der Waals surface area contributed by atoms with E-state index in [4.69, 9.17) is 0 Å². The molecule has 0 aliphatic rings. The summed E-state index contributed by atoms with van der Waals surface area (Å²) >= 11 is -0.219. The first-order valence-electron chi connectivity index (χ1n) is 6.73. The van der Waals surface area contributed by atoms with Crippen molar-refractivity contribution in [1.29, 1.82) is 0 Å². The molecule has 3 heteroatoms. The van der Waals surface area contributed by atoms with Crippen molar-refractivity contribution < 1.29 is 26.0 Å². The number of ketones is 1. The van der Waals surface area contributed by atoms with Gasteiger partial charge in [-0.25, -0.2) is 0 Å². The van der Waals surface area contributed by atoms with Gasteiger partial charge < -0.3 is 0 Å². The molecule has 0 saturated heterocycles. The van der Waals surface area contributed by atoms with Gasteiger partial charge in [-0.15, -0.1) is 0 Å². The summed E-state index contributed by atoms with van der Waals surface area (Å²) in [6.45, 7) is 8.75. The predicted octanol–water partition coefficient (Wildman–Crippen LogP) is 0.563. The molecule has 0 spiro atoms. The molecule has 20 heavy (non-hydrogen) atoms. The van der Waals surface area contributed by atoms with Crippen molar-refractivity contribution in [3.63, 3.8) is 0 Å². The topological polar surface area (TPSA) is 17.1 Å². The fraction of sp³-hybridized carbons (Fsp3) is 0.235. The minimum Gasteiger partial charge on any atom is -0.295 e. The highest BCUT2D eigenvalue weighted by atomic mass is 127. The van der Waals surface area contributed by atoms with Gasteiger partial charge in [0.1, 0.15) is 0 Å². The van der Waals surface area contributed by atoms with Crippen LogP contribution in [0.4, 0.5) is 0 Å². The average Bonchev–Trinajstić information content (AvgIpc) is 2.38. The lowest BCUT2D eigenvalue weighted by Crippen LogP contribution is -3.62. The second-order valence-electron chi connectivity index (χ2n) is 5.89. The fourth-order valence-electron chi connectivity index (χ4n) is 2.02. The van der Waals surface area contributed by atoms with Gasteiger partial charge in [0.15, 0.2) is 12.9 Å². The number of rotatable bonds is 4. The Kier molecular flexibility index (Phi) is 4.81. The molecular weight excluding hydrogens is 375 g/mol. The van der Waals surface area contributed by atoms with Crippen LogP contribution in [0, 0.1) is 7.14 Å². The van der Waals surface area contributed by atoms with Crippen LogP contribution in [0.25, 0.3) is 0 Å². The highest BCUT2D eigenvalue weighted by molar-refractivity contribution is 6.88. The Hall–Kier alpha value is -0.943. The van der Waals surface area contributed by atoms with Gasteiger partial charge in [0.05, 0.1) is 8.07 Å². The van der Waals surface area contributed by atoms with E-state index in [0.717, 1.165) is 5.56 Å². The number of benzene rings is 2. The van der Waals surface area contributed by atoms with Crippen molar-refractivity contribution in [2.24, 2.45) is 0 Å². The molecule has 2 aromatic carbocycles. The van der Waals surface area contributed by atoms with Crippen LogP contribution in [-0.4, -0.2) is 13.9 Å². The lowest BCUT2D eigenvalue weighted by molar-refractivity contribution is -0.596. The molecule has 0 N–H and O–H groups in total. The summed E-state index contributed by atoms with van der Waals surface area (Å²) in [4.78, 5) is 11.6. The van der Waals surface area contributed by atoms with Crippen LogP contribution in [-0.2, 0) is 0 Å². The Labute approximate surface area is 132 Å². The number of hydrogen-bond acceptors (Lipinski definition) is 1. The molecule has 0 amide bonds. The Morgan fingerprint density at radius 3 is 2.20 bits per heavy atom. The number of hydrogen-bond donors (Lipinski definition) is 0. The average molecular weight is 395 g/mol. The van der Waals surface area contributed by atoms with E-state index in [1.54, 1.807) is 6.92 Å². The number of carbonyl (C=O) groups excluding carboxylic acids is 1. The highest BCUT2D eigenvalue weighted by Gasteiger charge is 2.29. The summed E-state index contributed by atoms with van der Waals surface area (Å²) in [5.41, 5.74) is 0.845. The monoisotopic (exact) mass is 395 g/mol. The van der Waals surface area contributed by atoms with Gasteiger partial charge in [-0.3, -0.25) is 4.79 Å². The Morgan fingerprint density at radius 1 is 1.00 bits per heavy atom. The molecule has 104 valence electrons. The second-order valence-corrected chi connectivity index (χ2v) is 13.9. The van der Waals surface area contributed by atoms with Crippen molar-refractivity contribution in [2.45, 2.75) is 26.6 Å². The molecule has 0 aromatic heterocycles. The normalized spacial score (nSPS) is 11.4. The molecule has 0 atom stereocenters.